The Morgan fingerprint density at radius 1 is 1.11 bits per heavy atom. The van der Waals surface area contributed by atoms with Gasteiger partial charge in [-0.05, 0) is 49.2 Å². The summed E-state index contributed by atoms with van der Waals surface area (Å²) in [5.41, 5.74) is 4.27. The van der Waals surface area contributed by atoms with Crippen LogP contribution in [0.3, 0.4) is 0 Å². The Balaban J connectivity index is 1.52. The van der Waals surface area contributed by atoms with Crippen molar-refractivity contribution in [1.82, 2.24) is 30.0 Å². The number of fused-ring (bicyclic) bond motifs is 1. The highest BCUT2D eigenvalue weighted by Gasteiger charge is 2.18. The lowest BCUT2D eigenvalue weighted by atomic mass is 10.0. The summed E-state index contributed by atoms with van der Waals surface area (Å²) in [6, 6.07) is 13.4. The highest BCUT2D eigenvalue weighted by atomic mass is 35.5. The van der Waals surface area contributed by atoms with Crippen molar-refractivity contribution in [2.24, 2.45) is 7.05 Å². The van der Waals surface area contributed by atoms with Gasteiger partial charge >= 0.3 is 0 Å². The van der Waals surface area contributed by atoms with Crippen LogP contribution >= 0.6 is 11.6 Å². The lowest BCUT2D eigenvalue weighted by Gasteiger charge is -2.13. The number of nitrogens with one attached hydrogen (secondary N) is 2. The summed E-state index contributed by atoms with van der Waals surface area (Å²) in [5.74, 6) is 1.67. The standard InChI is InChI=1S/C26H24ClN7O2/c1-15-23(16(2)36-33-15)18-7-8-21-20(12-18)24(29-13-17-5-4-6-19(27)11-17)32-25(31-21)26(35)30-14-22-28-9-10-34(22)3/h4-12H,13-14H2,1-3H3,(H,30,35)(H,29,31,32). The molecule has 0 saturated heterocycles. The second-order valence-corrected chi connectivity index (χ2v) is 8.88. The zero-order valence-corrected chi connectivity index (χ0v) is 20.8. The third-order valence-corrected chi connectivity index (χ3v) is 6.13. The summed E-state index contributed by atoms with van der Waals surface area (Å²) in [6.07, 6.45) is 3.50. The summed E-state index contributed by atoms with van der Waals surface area (Å²) >= 11 is 6.16. The molecule has 2 N–H and O–H groups in total. The van der Waals surface area contributed by atoms with Crippen LogP contribution in [0.2, 0.25) is 5.02 Å². The SMILES string of the molecule is Cc1noc(C)c1-c1ccc2nc(C(=O)NCc3nccn3C)nc(NCc3cccc(Cl)c3)c2c1. The van der Waals surface area contributed by atoms with E-state index in [1.54, 1.807) is 6.20 Å². The highest BCUT2D eigenvalue weighted by molar-refractivity contribution is 6.30. The molecule has 0 aliphatic heterocycles. The zero-order valence-electron chi connectivity index (χ0n) is 20.0. The summed E-state index contributed by atoms with van der Waals surface area (Å²) in [5, 5.41) is 11.7. The fraction of sp³-hybridized carbons (Fsp3) is 0.192. The van der Waals surface area contributed by atoms with Crippen molar-refractivity contribution in [3.8, 4) is 11.1 Å². The number of aromatic nitrogens is 5. The van der Waals surface area contributed by atoms with E-state index in [2.05, 4.69) is 30.7 Å². The minimum atomic E-state index is -0.388. The van der Waals surface area contributed by atoms with Crippen molar-refractivity contribution in [1.29, 1.82) is 0 Å². The van der Waals surface area contributed by atoms with Crippen LogP contribution in [0.25, 0.3) is 22.0 Å². The average molecular weight is 502 g/mol. The van der Waals surface area contributed by atoms with E-state index >= 15 is 0 Å². The number of benzene rings is 2. The number of carbonyl (C=O) groups is 1. The van der Waals surface area contributed by atoms with Crippen LogP contribution in [0, 0.1) is 13.8 Å². The second kappa shape index (κ2) is 9.79. The molecule has 0 fully saturated rings. The fourth-order valence-corrected chi connectivity index (χ4v) is 4.27. The molecular formula is C26H24ClN7O2. The number of carbonyl (C=O) groups excluding carboxylic acids is 1. The van der Waals surface area contributed by atoms with Gasteiger partial charge in [0.25, 0.3) is 5.91 Å². The third kappa shape index (κ3) is 4.78. The van der Waals surface area contributed by atoms with E-state index in [0.29, 0.717) is 22.9 Å². The van der Waals surface area contributed by atoms with Gasteiger partial charge in [0.2, 0.25) is 5.82 Å². The third-order valence-electron chi connectivity index (χ3n) is 5.90. The lowest BCUT2D eigenvalue weighted by molar-refractivity contribution is 0.0939. The molecule has 0 atom stereocenters. The van der Waals surface area contributed by atoms with E-state index in [-0.39, 0.29) is 18.3 Å². The minimum absolute atomic E-state index is 0.0652. The van der Waals surface area contributed by atoms with E-state index in [0.717, 1.165) is 39.4 Å². The molecule has 0 radical (unpaired) electrons. The molecule has 0 spiro atoms. The summed E-state index contributed by atoms with van der Waals surface area (Å²) in [6.45, 7) is 4.51. The monoisotopic (exact) mass is 501 g/mol. The van der Waals surface area contributed by atoms with Gasteiger partial charge in [-0.2, -0.15) is 0 Å². The first-order chi connectivity index (χ1) is 17.4. The summed E-state index contributed by atoms with van der Waals surface area (Å²) in [4.78, 5) is 26.3. The Morgan fingerprint density at radius 3 is 2.69 bits per heavy atom. The number of imidazole rings is 1. The Hall–Kier alpha value is -4.24. The average Bonchev–Trinajstić information content (AvgIpc) is 3.44. The van der Waals surface area contributed by atoms with Gasteiger partial charge in [0.1, 0.15) is 17.4 Å². The molecule has 0 saturated carbocycles. The van der Waals surface area contributed by atoms with E-state index in [4.69, 9.17) is 16.1 Å². The molecule has 3 heterocycles. The first-order valence-electron chi connectivity index (χ1n) is 11.4. The Labute approximate surface area is 212 Å². The topological polar surface area (TPSA) is 111 Å². The van der Waals surface area contributed by atoms with Crippen LogP contribution in [0.1, 0.15) is 33.5 Å². The largest absolute Gasteiger partial charge is 0.365 e. The number of nitrogens with zero attached hydrogens (tertiary/aromatic N) is 5. The number of hydrogen-bond donors (Lipinski definition) is 2. The predicted molar refractivity (Wildman–Crippen MR) is 138 cm³/mol. The number of hydrogen-bond acceptors (Lipinski definition) is 7. The molecule has 0 bridgehead atoms. The quantitative estimate of drug-likeness (QED) is 0.328. The van der Waals surface area contributed by atoms with Gasteiger partial charge in [-0.1, -0.05) is 35.0 Å². The van der Waals surface area contributed by atoms with Crippen molar-refractivity contribution in [2.45, 2.75) is 26.9 Å². The molecule has 36 heavy (non-hydrogen) atoms. The maximum Gasteiger partial charge on any atom is 0.289 e. The van der Waals surface area contributed by atoms with Crippen molar-refractivity contribution in [2.75, 3.05) is 5.32 Å². The fourth-order valence-electron chi connectivity index (χ4n) is 4.05. The number of anilines is 1. The first kappa shape index (κ1) is 23.5. The predicted octanol–water partition coefficient (Wildman–Crippen LogP) is 4.83. The van der Waals surface area contributed by atoms with Gasteiger partial charge < -0.3 is 19.7 Å². The number of amides is 1. The molecule has 182 valence electrons. The molecular weight excluding hydrogens is 478 g/mol. The summed E-state index contributed by atoms with van der Waals surface area (Å²) in [7, 11) is 1.87. The molecule has 9 nitrogen and oxygen atoms in total. The normalized spacial score (nSPS) is 11.1. The molecule has 0 aliphatic rings. The van der Waals surface area contributed by atoms with Crippen molar-refractivity contribution < 1.29 is 9.32 Å². The number of aryl methyl sites for hydroxylation is 3. The molecule has 5 aromatic rings. The Morgan fingerprint density at radius 2 is 1.97 bits per heavy atom. The van der Waals surface area contributed by atoms with Crippen molar-refractivity contribution >= 4 is 34.2 Å². The molecule has 3 aromatic heterocycles. The second-order valence-electron chi connectivity index (χ2n) is 8.45. The Bertz CT molecular complexity index is 1550. The van der Waals surface area contributed by atoms with Gasteiger partial charge in [-0.25, -0.2) is 15.0 Å². The highest BCUT2D eigenvalue weighted by Crippen LogP contribution is 2.31. The molecule has 1 amide bonds. The van der Waals surface area contributed by atoms with Crippen molar-refractivity contribution in [3.63, 3.8) is 0 Å². The number of rotatable bonds is 7. The van der Waals surface area contributed by atoms with Crippen molar-refractivity contribution in [3.05, 3.63) is 88.5 Å². The van der Waals surface area contributed by atoms with Crippen LogP contribution in [-0.4, -0.2) is 30.6 Å². The molecule has 0 unspecified atom stereocenters. The van der Waals surface area contributed by atoms with Gasteiger partial charge in [0.05, 0.1) is 17.8 Å². The smallest absolute Gasteiger partial charge is 0.289 e. The minimum Gasteiger partial charge on any atom is -0.365 e. The van der Waals surface area contributed by atoms with Crippen LogP contribution in [0.15, 0.2) is 59.4 Å². The van der Waals surface area contributed by atoms with E-state index in [1.165, 1.54) is 0 Å². The molecule has 0 aliphatic carbocycles. The van der Waals surface area contributed by atoms with Crippen LogP contribution in [0.5, 0.6) is 0 Å². The maximum atomic E-state index is 13.0. The van der Waals surface area contributed by atoms with Crippen LogP contribution < -0.4 is 10.6 Å². The van der Waals surface area contributed by atoms with Gasteiger partial charge in [0, 0.05) is 42.0 Å². The zero-order chi connectivity index (χ0) is 25.2. The maximum absolute atomic E-state index is 13.0. The van der Waals surface area contributed by atoms with Gasteiger partial charge in [-0.15, -0.1) is 0 Å². The van der Waals surface area contributed by atoms with Gasteiger partial charge in [0.15, 0.2) is 0 Å². The van der Waals surface area contributed by atoms with E-state index in [9.17, 15) is 4.79 Å². The van der Waals surface area contributed by atoms with Gasteiger partial charge in [-0.3, -0.25) is 4.79 Å². The van der Waals surface area contributed by atoms with E-state index in [1.807, 2.05) is 74.1 Å². The Kier molecular flexibility index (Phi) is 6.39. The summed E-state index contributed by atoms with van der Waals surface area (Å²) < 4.78 is 7.20. The van der Waals surface area contributed by atoms with Crippen LogP contribution in [-0.2, 0) is 20.1 Å². The number of halogens is 1. The van der Waals surface area contributed by atoms with Crippen LogP contribution in [0.4, 0.5) is 5.82 Å². The molecule has 10 heteroatoms. The molecule has 5 rings (SSSR count). The molecule has 2 aromatic carbocycles. The van der Waals surface area contributed by atoms with E-state index < -0.39 is 0 Å². The lowest BCUT2D eigenvalue weighted by Crippen LogP contribution is -2.26. The first-order valence-corrected chi connectivity index (χ1v) is 11.7.